The van der Waals surface area contributed by atoms with Gasteiger partial charge in [0, 0.05) is 16.5 Å². The van der Waals surface area contributed by atoms with Crippen LogP contribution in [0.2, 0.25) is 19.6 Å². The highest BCUT2D eigenvalue weighted by Crippen LogP contribution is 2.44. The molecule has 0 atom stereocenters. The number of fused-ring (bicyclic) bond motifs is 1. The molecule has 0 N–H and O–H groups in total. The summed E-state index contributed by atoms with van der Waals surface area (Å²) < 4.78 is 5.86. The Morgan fingerprint density at radius 2 is 1.91 bits per heavy atom. The van der Waals surface area contributed by atoms with Gasteiger partial charge in [0.1, 0.15) is 13.8 Å². The van der Waals surface area contributed by atoms with E-state index in [4.69, 9.17) is 4.74 Å². The van der Waals surface area contributed by atoms with Gasteiger partial charge in [0.15, 0.2) is 0 Å². The van der Waals surface area contributed by atoms with Gasteiger partial charge in [0.2, 0.25) is 0 Å². The van der Waals surface area contributed by atoms with Crippen LogP contribution in [0.15, 0.2) is 43.5 Å². The third kappa shape index (κ3) is 3.72. The van der Waals surface area contributed by atoms with Crippen molar-refractivity contribution in [3.05, 3.63) is 54.6 Å². The van der Waals surface area contributed by atoms with Gasteiger partial charge in [0.25, 0.3) is 0 Å². The number of rotatable bonds is 4. The van der Waals surface area contributed by atoms with Crippen molar-refractivity contribution in [3.63, 3.8) is 0 Å². The lowest BCUT2D eigenvalue weighted by atomic mass is 9.71. The summed E-state index contributed by atoms with van der Waals surface area (Å²) in [6.45, 7) is 15.5. The predicted molar refractivity (Wildman–Crippen MR) is 98.1 cm³/mol. The molecule has 2 heteroatoms. The summed E-state index contributed by atoms with van der Waals surface area (Å²) in [5.41, 5.74) is 5.86. The second-order valence-corrected chi connectivity index (χ2v) is 11.8. The molecule has 0 spiro atoms. The normalized spacial score (nSPS) is 15.8. The van der Waals surface area contributed by atoms with E-state index in [9.17, 15) is 0 Å². The number of ether oxygens (including phenoxy) is 1. The Balaban J connectivity index is 2.49. The van der Waals surface area contributed by atoms with E-state index in [0.717, 1.165) is 37.2 Å². The maximum Gasteiger partial charge on any atom is 0.129 e. The molecule has 116 valence electrons. The molecule has 22 heavy (non-hydrogen) atoms. The second kappa shape index (κ2) is 6.58. The zero-order valence-corrected chi connectivity index (χ0v) is 15.0. The Kier molecular flexibility index (Phi) is 4.98. The highest BCUT2D eigenvalue weighted by Gasteiger charge is 2.35. The van der Waals surface area contributed by atoms with Crippen LogP contribution >= 0.6 is 0 Å². The van der Waals surface area contributed by atoms with E-state index in [1.807, 2.05) is 12.2 Å². The van der Waals surface area contributed by atoms with Gasteiger partial charge >= 0.3 is 0 Å². The molecule has 1 aromatic rings. The average molecular weight is 311 g/mol. The van der Waals surface area contributed by atoms with E-state index < -0.39 is 8.07 Å². The van der Waals surface area contributed by atoms with Crippen LogP contribution in [-0.2, 0) is 5.41 Å². The summed E-state index contributed by atoms with van der Waals surface area (Å²) in [4.78, 5) is 0. The number of benzene rings is 1. The molecule has 0 saturated carbocycles. The van der Waals surface area contributed by atoms with Gasteiger partial charge in [-0.05, 0) is 37.5 Å². The summed E-state index contributed by atoms with van der Waals surface area (Å²) in [6, 6.07) is 6.36. The molecule has 1 aromatic carbocycles. The molecule has 0 aliphatic carbocycles. The SMILES string of the molecule is C=CCC1(CC=C)CCOc2ccc(C#C[Si](C)(C)C)cc21. The van der Waals surface area contributed by atoms with Gasteiger partial charge in [-0.1, -0.05) is 37.7 Å². The van der Waals surface area contributed by atoms with Gasteiger partial charge < -0.3 is 4.74 Å². The van der Waals surface area contributed by atoms with Crippen LogP contribution in [0.1, 0.15) is 30.4 Å². The zero-order valence-electron chi connectivity index (χ0n) is 14.0. The Labute approximate surface area is 136 Å². The number of hydrogen-bond acceptors (Lipinski definition) is 1. The molecule has 0 fully saturated rings. The zero-order chi connectivity index (χ0) is 16.2. The summed E-state index contributed by atoms with van der Waals surface area (Å²) in [5, 5.41) is 0. The standard InChI is InChI=1S/C20H26OSi/c1-6-11-20(12-7-2)13-14-21-19-9-8-17(16-18(19)20)10-15-22(3,4)5/h6-9,16H,1-2,11-14H2,3-5H3. The van der Waals surface area contributed by atoms with Crippen LogP contribution in [0.25, 0.3) is 0 Å². The van der Waals surface area contributed by atoms with Gasteiger partial charge in [-0.2, -0.15) is 0 Å². The lowest BCUT2D eigenvalue weighted by Crippen LogP contribution is -2.32. The molecule has 1 aliphatic rings. The fourth-order valence-corrected chi connectivity index (χ4v) is 3.48. The Hall–Kier alpha value is -1.72. The van der Waals surface area contributed by atoms with E-state index in [1.54, 1.807) is 0 Å². The Bertz CT molecular complexity index is 615. The summed E-state index contributed by atoms with van der Waals surface area (Å²) >= 11 is 0. The summed E-state index contributed by atoms with van der Waals surface area (Å²) in [6.07, 6.45) is 6.92. The largest absolute Gasteiger partial charge is 0.493 e. The molecule has 2 rings (SSSR count). The van der Waals surface area contributed by atoms with E-state index >= 15 is 0 Å². The van der Waals surface area contributed by atoms with E-state index in [-0.39, 0.29) is 5.41 Å². The fraction of sp³-hybridized carbons (Fsp3) is 0.400. The van der Waals surface area contributed by atoms with Gasteiger partial charge in [0.05, 0.1) is 6.61 Å². The summed E-state index contributed by atoms with van der Waals surface area (Å²) in [5.74, 6) is 4.36. The molecule has 0 bridgehead atoms. The van der Waals surface area contributed by atoms with Crippen LogP contribution in [0.5, 0.6) is 5.75 Å². The fourth-order valence-electron chi connectivity index (χ4n) is 2.96. The van der Waals surface area contributed by atoms with Gasteiger partial charge in [-0.15, -0.1) is 18.7 Å². The van der Waals surface area contributed by atoms with Crippen LogP contribution < -0.4 is 4.74 Å². The molecule has 1 heterocycles. The molecule has 0 saturated heterocycles. The molecule has 0 amide bonds. The van der Waals surface area contributed by atoms with E-state index in [2.05, 4.69) is 62.5 Å². The summed E-state index contributed by atoms with van der Waals surface area (Å²) in [7, 11) is -1.37. The molecular weight excluding hydrogens is 284 g/mol. The monoisotopic (exact) mass is 310 g/mol. The Morgan fingerprint density at radius 3 is 2.50 bits per heavy atom. The highest BCUT2D eigenvalue weighted by molar-refractivity contribution is 6.83. The van der Waals surface area contributed by atoms with Crippen LogP contribution in [0.3, 0.4) is 0 Å². The topological polar surface area (TPSA) is 9.23 Å². The minimum absolute atomic E-state index is 0.0634. The molecular formula is C20H26OSi. The van der Waals surface area contributed by atoms with Crippen molar-refractivity contribution in [1.82, 2.24) is 0 Å². The maximum atomic E-state index is 5.86. The van der Waals surface area contributed by atoms with E-state index in [0.29, 0.717) is 0 Å². The molecule has 1 aliphatic heterocycles. The average Bonchev–Trinajstić information content (AvgIpc) is 2.45. The van der Waals surface area contributed by atoms with Crippen molar-refractivity contribution in [2.75, 3.05) is 6.61 Å². The first-order valence-electron chi connectivity index (χ1n) is 7.92. The van der Waals surface area contributed by atoms with Gasteiger partial charge in [-0.25, -0.2) is 0 Å². The maximum absolute atomic E-state index is 5.86. The van der Waals surface area contributed by atoms with Crippen LogP contribution in [0, 0.1) is 11.5 Å². The number of hydrogen-bond donors (Lipinski definition) is 0. The van der Waals surface area contributed by atoms with Crippen molar-refractivity contribution >= 4 is 8.07 Å². The molecule has 0 unspecified atom stereocenters. The predicted octanol–water partition coefficient (Wildman–Crippen LogP) is 5.09. The molecule has 1 nitrogen and oxygen atoms in total. The Morgan fingerprint density at radius 1 is 1.23 bits per heavy atom. The second-order valence-electron chi connectivity index (χ2n) is 7.08. The van der Waals surface area contributed by atoms with Crippen molar-refractivity contribution in [1.29, 1.82) is 0 Å². The van der Waals surface area contributed by atoms with Crippen LogP contribution in [0.4, 0.5) is 0 Å². The smallest absolute Gasteiger partial charge is 0.129 e. The van der Waals surface area contributed by atoms with Gasteiger partial charge in [-0.3, -0.25) is 0 Å². The quantitative estimate of drug-likeness (QED) is 0.428. The van der Waals surface area contributed by atoms with E-state index in [1.165, 1.54) is 5.56 Å². The molecule has 0 radical (unpaired) electrons. The third-order valence-electron chi connectivity index (χ3n) is 4.04. The first-order chi connectivity index (χ1) is 10.4. The van der Waals surface area contributed by atoms with Crippen molar-refractivity contribution in [2.45, 2.75) is 44.3 Å². The first kappa shape index (κ1) is 16.6. The minimum Gasteiger partial charge on any atom is -0.493 e. The van der Waals surface area contributed by atoms with Crippen LogP contribution in [-0.4, -0.2) is 14.7 Å². The van der Waals surface area contributed by atoms with Crippen molar-refractivity contribution in [3.8, 4) is 17.2 Å². The lowest BCUT2D eigenvalue weighted by molar-refractivity contribution is 0.214. The minimum atomic E-state index is -1.37. The van der Waals surface area contributed by atoms with Crippen molar-refractivity contribution in [2.24, 2.45) is 0 Å². The number of allylic oxidation sites excluding steroid dienone is 2. The highest BCUT2D eigenvalue weighted by atomic mass is 28.3. The lowest BCUT2D eigenvalue weighted by Gasteiger charge is -2.38. The molecule has 0 aromatic heterocycles. The third-order valence-corrected chi connectivity index (χ3v) is 4.92. The van der Waals surface area contributed by atoms with Crippen molar-refractivity contribution < 1.29 is 4.74 Å². The first-order valence-corrected chi connectivity index (χ1v) is 11.4.